The van der Waals surface area contributed by atoms with E-state index < -0.39 is 0 Å². The van der Waals surface area contributed by atoms with E-state index in [-0.39, 0.29) is 0 Å². The van der Waals surface area contributed by atoms with Crippen molar-refractivity contribution in [3.63, 3.8) is 0 Å². The summed E-state index contributed by atoms with van der Waals surface area (Å²) in [6.45, 7) is 0. The molecule has 4 aromatic rings. The van der Waals surface area contributed by atoms with Gasteiger partial charge in [0.15, 0.2) is 15.2 Å². The summed E-state index contributed by atoms with van der Waals surface area (Å²) in [5, 5.41) is 17.5. The molecule has 30 heavy (non-hydrogen) atoms. The van der Waals surface area contributed by atoms with Crippen LogP contribution in [0.1, 0.15) is 0 Å². The van der Waals surface area contributed by atoms with Crippen LogP contribution in [0.5, 0.6) is 0 Å². The van der Waals surface area contributed by atoms with Gasteiger partial charge in [-0.2, -0.15) is 0 Å². The van der Waals surface area contributed by atoms with E-state index in [4.69, 9.17) is 28.8 Å². The lowest BCUT2D eigenvalue weighted by molar-refractivity contribution is 1.24. The highest BCUT2D eigenvalue weighted by atomic mass is 35.5. The van der Waals surface area contributed by atoms with Crippen molar-refractivity contribution in [3.8, 4) is 11.3 Å². The van der Waals surface area contributed by atoms with Crippen LogP contribution >= 0.6 is 35.2 Å². The van der Waals surface area contributed by atoms with Gasteiger partial charge in [-0.05, 0) is 48.6 Å². The van der Waals surface area contributed by atoms with Crippen LogP contribution < -0.4 is 10.6 Å². The highest BCUT2D eigenvalue weighted by Crippen LogP contribution is 2.39. The number of aromatic nitrogens is 1. The molecule has 0 saturated carbocycles. The molecule has 0 atom stereocenters. The highest BCUT2D eigenvalue weighted by molar-refractivity contribution is 7.80. The largest absolute Gasteiger partial charge is 0.332 e. The van der Waals surface area contributed by atoms with Crippen molar-refractivity contribution in [2.24, 2.45) is 10.2 Å². The number of benzene rings is 3. The van der Waals surface area contributed by atoms with E-state index in [0.29, 0.717) is 26.0 Å². The highest BCUT2D eigenvalue weighted by Gasteiger charge is 2.14. The van der Waals surface area contributed by atoms with Crippen molar-refractivity contribution >= 4 is 61.8 Å². The van der Waals surface area contributed by atoms with Crippen molar-refractivity contribution in [1.82, 2.24) is 4.98 Å². The molecule has 2 N–H and O–H groups in total. The number of para-hydroxylation sites is 1. The van der Waals surface area contributed by atoms with Gasteiger partial charge in [-0.3, -0.25) is 0 Å². The zero-order chi connectivity index (χ0) is 20.8. The third-order valence-corrected chi connectivity index (χ3v) is 5.30. The monoisotopic (exact) mass is 449 g/mol. The van der Waals surface area contributed by atoms with Crippen molar-refractivity contribution in [2.45, 2.75) is 0 Å². The van der Waals surface area contributed by atoms with Gasteiger partial charge in [0.25, 0.3) is 0 Å². The van der Waals surface area contributed by atoms with Gasteiger partial charge < -0.3 is 10.6 Å². The Hall–Kier alpha value is -3.13. The number of rotatable bonds is 5. The van der Waals surface area contributed by atoms with Crippen LogP contribution in [-0.2, 0) is 0 Å². The first-order chi connectivity index (χ1) is 14.7. The SMILES string of the molecule is S=C(Nc1ccccc1)Nc1nc(-c2ccccc2)c(N=Nc2ccc(Cl)cc2)s1. The number of thiazole rings is 1. The molecule has 0 spiro atoms. The number of nitrogens with zero attached hydrogens (tertiary/aromatic N) is 3. The maximum absolute atomic E-state index is 5.94. The molecule has 0 unspecified atom stereocenters. The molecule has 0 radical (unpaired) electrons. The number of thiocarbonyl (C=S) groups is 1. The molecule has 0 amide bonds. The topological polar surface area (TPSA) is 61.7 Å². The summed E-state index contributed by atoms with van der Waals surface area (Å²) < 4.78 is 0. The zero-order valence-electron chi connectivity index (χ0n) is 15.6. The molecule has 4 rings (SSSR count). The van der Waals surface area contributed by atoms with Crippen molar-refractivity contribution in [2.75, 3.05) is 10.6 Å². The lowest BCUT2D eigenvalue weighted by Gasteiger charge is -2.07. The molecule has 3 aromatic carbocycles. The van der Waals surface area contributed by atoms with Crippen molar-refractivity contribution in [1.29, 1.82) is 0 Å². The van der Waals surface area contributed by atoms with E-state index in [1.807, 2.05) is 72.8 Å². The summed E-state index contributed by atoms with van der Waals surface area (Å²) in [5.41, 5.74) is 3.30. The molecule has 0 aliphatic heterocycles. The van der Waals surface area contributed by atoms with E-state index in [9.17, 15) is 0 Å². The van der Waals surface area contributed by atoms with Crippen LogP contribution in [0.25, 0.3) is 11.3 Å². The van der Waals surface area contributed by atoms with Gasteiger partial charge in [-0.25, -0.2) is 4.98 Å². The summed E-state index contributed by atoms with van der Waals surface area (Å²) in [7, 11) is 0. The van der Waals surface area contributed by atoms with Crippen LogP contribution in [-0.4, -0.2) is 10.1 Å². The Morgan fingerprint density at radius 3 is 2.20 bits per heavy atom. The van der Waals surface area contributed by atoms with Crippen LogP contribution in [0.15, 0.2) is 95.2 Å². The molecule has 148 valence electrons. The van der Waals surface area contributed by atoms with Gasteiger partial charge in [0.05, 0.1) is 5.69 Å². The van der Waals surface area contributed by atoms with Gasteiger partial charge in [-0.15, -0.1) is 10.2 Å². The van der Waals surface area contributed by atoms with E-state index in [1.165, 1.54) is 11.3 Å². The number of azo groups is 1. The fourth-order valence-corrected chi connectivity index (χ4v) is 3.83. The lowest BCUT2D eigenvalue weighted by atomic mass is 10.2. The predicted molar refractivity (Wildman–Crippen MR) is 129 cm³/mol. The Morgan fingerprint density at radius 2 is 1.50 bits per heavy atom. The summed E-state index contributed by atoms with van der Waals surface area (Å²) in [5.74, 6) is 0. The number of hydrogen-bond donors (Lipinski definition) is 2. The summed E-state index contributed by atoms with van der Waals surface area (Å²) >= 11 is 12.7. The quantitative estimate of drug-likeness (QED) is 0.242. The van der Waals surface area contributed by atoms with Gasteiger partial charge in [0, 0.05) is 16.3 Å². The molecule has 0 bridgehead atoms. The molecule has 0 fully saturated rings. The molecule has 0 saturated heterocycles. The minimum absolute atomic E-state index is 0.454. The van der Waals surface area contributed by atoms with Gasteiger partial charge in [0.2, 0.25) is 0 Å². The van der Waals surface area contributed by atoms with E-state index in [0.717, 1.165) is 16.9 Å². The fraction of sp³-hybridized carbons (Fsp3) is 0. The van der Waals surface area contributed by atoms with E-state index in [2.05, 4.69) is 20.9 Å². The zero-order valence-corrected chi connectivity index (χ0v) is 18.0. The normalized spacial score (nSPS) is 10.8. The summed E-state index contributed by atoms with van der Waals surface area (Å²) in [6, 6.07) is 26.8. The van der Waals surface area contributed by atoms with Crippen LogP contribution in [0, 0.1) is 0 Å². The maximum atomic E-state index is 5.94. The molecule has 0 aliphatic carbocycles. The molecular weight excluding hydrogens is 434 g/mol. The van der Waals surface area contributed by atoms with E-state index in [1.54, 1.807) is 12.1 Å². The Kier molecular flexibility index (Phi) is 6.44. The first kappa shape index (κ1) is 20.2. The number of hydrogen-bond acceptors (Lipinski definition) is 5. The smallest absolute Gasteiger partial charge is 0.191 e. The molecule has 1 heterocycles. The van der Waals surface area contributed by atoms with Crippen LogP contribution in [0.4, 0.5) is 21.5 Å². The average molecular weight is 450 g/mol. The predicted octanol–water partition coefficient (Wildman–Crippen LogP) is 7.69. The number of nitrogens with one attached hydrogen (secondary N) is 2. The average Bonchev–Trinajstić information content (AvgIpc) is 3.17. The first-order valence-electron chi connectivity index (χ1n) is 9.04. The molecule has 0 aliphatic rings. The Morgan fingerprint density at radius 1 is 0.833 bits per heavy atom. The number of halogens is 1. The molecular formula is C22H16ClN5S2. The molecule has 5 nitrogen and oxygen atoms in total. The minimum Gasteiger partial charge on any atom is -0.332 e. The summed E-state index contributed by atoms with van der Waals surface area (Å²) in [6.07, 6.45) is 0. The Labute approximate surface area is 188 Å². The third-order valence-electron chi connectivity index (χ3n) is 3.99. The fourth-order valence-electron chi connectivity index (χ4n) is 2.61. The van der Waals surface area contributed by atoms with Gasteiger partial charge in [0.1, 0.15) is 5.69 Å². The second-order valence-electron chi connectivity index (χ2n) is 6.16. The van der Waals surface area contributed by atoms with E-state index >= 15 is 0 Å². The molecule has 8 heteroatoms. The third kappa shape index (κ3) is 5.27. The Bertz CT molecular complexity index is 1160. The first-order valence-corrected chi connectivity index (χ1v) is 10.6. The van der Waals surface area contributed by atoms with Gasteiger partial charge >= 0.3 is 0 Å². The van der Waals surface area contributed by atoms with Gasteiger partial charge in [-0.1, -0.05) is 71.5 Å². The van der Waals surface area contributed by atoms with Crippen molar-refractivity contribution in [3.05, 3.63) is 90.0 Å². The van der Waals surface area contributed by atoms with Crippen LogP contribution in [0.3, 0.4) is 0 Å². The van der Waals surface area contributed by atoms with Crippen molar-refractivity contribution < 1.29 is 0 Å². The molecule has 1 aromatic heterocycles. The second-order valence-corrected chi connectivity index (χ2v) is 7.98. The summed E-state index contributed by atoms with van der Waals surface area (Å²) in [4.78, 5) is 4.69. The lowest BCUT2D eigenvalue weighted by Crippen LogP contribution is -2.18. The maximum Gasteiger partial charge on any atom is 0.191 e. The standard InChI is InChI=1S/C22H16ClN5S2/c23-16-11-13-18(14-12-16)27-28-20-19(15-7-3-1-4-8-15)25-22(30-20)26-21(29)24-17-9-5-2-6-10-17/h1-14H,(H2,24,25,26,29). The Balaban J connectivity index is 1.59. The van der Waals surface area contributed by atoms with Crippen LogP contribution in [0.2, 0.25) is 5.02 Å². The number of anilines is 2. The second kappa shape index (κ2) is 9.58. The minimum atomic E-state index is 0.454.